The monoisotopic (exact) mass is 391 g/mol. The molecule has 0 bridgehead atoms. The Labute approximate surface area is 157 Å². The number of benzene rings is 1. The van der Waals surface area contributed by atoms with Gasteiger partial charge in [-0.1, -0.05) is 6.07 Å². The van der Waals surface area contributed by atoms with Crippen LogP contribution >= 0.6 is 0 Å². The SMILES string of the molecule is COCCN(CCC[C@H](N)C(=O)Nc1cccc(C(F)(F)F)c1)CCOC. The van der Waals surface area contributed by atoms with Crippen molar-refractivity contribution in [1.29, 1.82) is 0 Å². The molecule has 0 heterocycles. The van der Waals surface area contributed by atoms with E-state index in [2.05, 4.69) is 10.2 Å². The Morgan fingerprint density at radius 2 is 1.81 bits per heavy atom. The van der Waals surface area contributed by atoms with Crippen LogP contribution in [0.4, 0.5) is 18.9 Å². The third kappa shape index (κ3) is 9.18. The number of alkyl halides is 3. The number of methoxy groups -OCH3 is 2. The van der Waals surface area contributed by atoms with Gasteiger partial charge in [0.2, 0.25) is 5.91 Å². The van der Waals surface area contributed by atoms with Crippen LogP contribution < -0.4 is 11.1 Å². The summed E-state index contributed by atoms with van der Waals surface area (Å²) in [6.45, 7) is 3.38. The van der Waals surface area contributed by atoms with E-state index in [1.807, 2.05) is 0 Å². The van der Waals surface area contributed by atoms with Gasteiger partial charge in [-0.25, -0.2) is 0 Å². The van der Waals surface area contributed by atoms with E-state index in [1.165, 1.54) is 12.1 Å². The van der Waals surface area contributed by atoms with Crippen LogP contribution in [0.5, 0.6) is 0 Å². The topological polar surface area (TPSA) is 76.8 Å². The van der Waals surface area contributed by atoms with Crippen molar-refractivity contribution in [2.24, 2.45) is 5.73 Å². The molecular formula is C18H28F3N3O3. The van der Waals surface area contributed by atoms with Crippen LogP contribution in [0.2, 0.25) is 0 Å². The maximum atomic E-state index is 12.7. The molecular weight excluding hydrogens is 363 g/mol. The van der Waals surface area contributed by atoms with Crippen molar-refractivity contribution in [2.45, 2.75) is 25.1 Å². The fourth-order valence-electron chi connectivity index (χ4n) is 2.45. The number of carbonyl (C=O) groups excluding carboxylic acids is 1. The molecule has 0 saturated carbocycles. The average molecular weight is 391 g/mol. The van der Waals surface area contributed by atoms with Gasteiger partial charge in [0.15, 0.2) is 0 Å². The van der Waals surface area contributed by atoms with Crippen LogP contribution in [-0.2, 0) is 20.4 Å². The summed E-state index contributed by atoms with van der Waals surface area (Å²) in [4.78, 5) is 14.3. The van der Waals surface area contributed by atoms with Gasteiger partial charge in [-0.2, -0.15) is 13.2 Å². The summed E-state index contributed by atoms with van der Waals surface area (Å²) >= 11 is 0. The zero-order chi connectivity index (χ0) is 20.3. The fraction of sp³-hybridized carbons (Fsp3) is 0.611. The van der Waals surface area contributed by atoms with E-state index in [0.717, 1.165) is 31.8 Å². The second-order valence-corrected chi connectivity index (χ2v) is 6.14. The molecule has 0 unspecified atom stereocenters. The molecule has 0 radical (unpaired) electrons. The van der Waals surface area contributed by atoms with Crippen molar-refractivity contribution in [2.75, 3.05) is 52.4 Å². The van der Waals surface area contributed by atoms with Crippen LogP contribution in [-0.4, -0.2) is 63.9 Å². The van der Waals surface area contributed by atoms with Crippen molar-refractivity contribution >= 4 is 11.6 Å². The molecule has 1 aromatic carbocycles. The Morgan fingerprint density at radius 3 is 2.37 bits per heavy atom. The number of anilines is 1. The van der Waals surface area contributed by atoms with E-state index in [9.17, 15) is 18.0 Å². The molecule has 3 N–H and O–H groups in total. The highest BCUT2D eigenvalue weighted by atomic mass is 19.4. The van der Waals surface area contributed by atoms with Gasteiger partial charge in [0.25, 0.3) is 0 Å². The molecule has 0 aromatic heterocycles. The average Bonchev–Trinajstić information content (AvgIpc) is 2.62. The largest absolute Gasteiger partial charge is 0.416 e. The van der Waals surface area contributed by atoms with Crippen LogP contribution in [0.1, 0.15) is 18.4 Å². The van der Waals surface area contributed by atoms with Gasteiger partial charge in [0.1, 0.15) is 0 Å². The Hall–Kier alpha value is -1.68. The van der Waals surface area contributed by atoms with Crippen molar-refractivity contribution in [3.05, 3.63) is 29.8 Å². The van der Waals surface area contributed by atoms with Gasteiger partial charge < -0.3 is 20.5 Å². The first-order valence-corrected chi connectivity index (χ1v) is 8.72. The molecule has 1 aromatic rings. The predicted octanol–water partition coefficient (Wildman–Crippen LogP) is 2.35. The van der Waals surface area contributed by atoms with Crippen LogP contribution in [0, 0.1) is 0 Å². The molecule has 1 amide bonds. The second kappa shape index (κ2) is 11.9. The van der Waals surface area contributed by atoms with Crippen LogP contribution in [0.25, 0.3) is 0 Å². The van der Waals surface area contributed by atoms with Gasteiger partial charge in [-0.05, 0) is 37.6 Å². The maximum Gasteiger partial charge on any atom is 0.416 e. The summed E-state index contributed by atoms with van der Waals surface area (Å²) in [7, 11) is 3.26. The number of rotatable bonds is 12. The number of nitrogens with two attached hydrogens (primary N) is 1. The molecule has 0 fully saturated rings. The van der Waals surface area contributed by atoms with Crippen molar-refractivity contribution in [3.63, 3.8) is 0 Å². The molecule has 9 heteroatoms. The molecule has 0 saturated heterocycles. The number of carbonyl (C=O) groups is 1. The first kappa shape index (κ1) is 23.4. The number of halogens is 3. The number of hydrogen-bond donors (Lipinski definition) is 2. The van der Waals surface area contributed by atoms with Crippen molar-refractivity contribution in [1.82, 2.24) is 4.90 Å². The highest BCUT2D eigenvalue weighted by molar-refractivity contribution is 5.94. The first-order valence-electron chi connectivity index (χ1n) is 8.72. The summed E-state index contributed by atoms with van der Waals surface area (Å²) in [5.41, 5.74) is 5.13. The van der Waals surface area contributed by atoms with Gasteiger partial charge in [0, 0.05) is 33.0 Å². The lowest BCUT2D eigenvalue weighted by Gasteiger charge is -2.22. The number of nitrogens with zero attached hydrogens (tertiary/aromatic N) is 1. The third-order valence-corrected chi connectivity index (χ3v) is 4.01. The third-order valence-electron chi connectivity index (χ3n) is 4.01. The minimum absolute atomic E-state index is 0.0760. The zero-order valence-corrected chi connectivity index (χ0v) is 15.7. The summed E-state index contributed by atoms with van der Waals surface area (Å²) in [5.74, 6) is -0.505. The van der Waals surface area contributed by atoms with Crippen LogP contribution in [0.3, 0.4) is 0 Å². The van der Waals surface area contributed by atoms with Gasteiger partial charge in [-0.15, -0.1) is 0 Å². The normalized spacial score (nSPS) is 13.0. The summed E-state index contributed by atoms with van der Waals surface area (Å²) < 4.78 is 48.3. The Kier molecular flexibility index (Phi) is 10.3. The lowest BCUT2D eigenvalue weighted by molar-refractivity contribution is -0.137. The fourth-order valence-corrected chi connectivity index (χ4v) is 2.45. The van der Waals surface area contributed by atoms with E-state index < -0.39 is 23.7 Å². The molecule has 154 valence electrons. The summed E-state index contributed by atoms with van der Waals surface area (Å²) in [6, 6.07) is 3.68. The maximum absolute atomic E-state index is 12.7. The minimum atomic E-state index is -4.46. The minimum Gasteiger partial charge on any atom is -0.383 e. The Balaban J connectivity index is 2.47. The smallest absolute Gasteiger partial charge is 0.383 e. The van der Waals surface area contributed by atoms with Crippen molar-refractivity contribution in [3.8, 4) is 0 Å². The number of nitrogens with one attached hydrogen (secondary N) is 1. The highest BCUT2D eigenvalue weighted by Crippen LogP contribution is 2.30. The first-order chi connectivity index (χ1) is 12.8. The Bertz CT molecular complexity index is 562. The van der Waals surface area contributed by atoms with Gasteiger partial charge in [0.05, 0.1) is 24.8 Å². The van der Waals surface area contributed by atoms with Gasteiger partial charge >= 0.3 is 6.18 Å². The van der Waals surface area contributed by atoms with E-state index in [-0.39, 0.29) is 5.69 Å². The van der Waals surface area contributed by atoms with E-state index >= 15 is 0 Å². The molecule has 1 atom stereocenters. The lowest BCUT2D eigenvalue weighted by Crippen LogP contribution is -2.37. The van der Waals surface area contributed by atoms with E-state index in [4.69, 9.17) is 15.2 Å². The molecule has 0 spiro atoms. The van der Waals surface area contributed by atoms with E-state index in [1.54, 1.807) is 14.2 Å². The van der Waals surface area contributed by atoms with Gasteiger partial charge in [-0.3, -0.25) is 9.69 Å². The predicted molar refractivity (Wildman–Crippen MR) is 97.5 cm³/mol. The summed E-state index contributed by atoms with van der Waals surface area (Å²) in [6.07, 6.45) is -3.37. The molecule has 1 rings (SSSR count). The molecule has 0 aliphatic carbocycles. The van der Waals surface area contributed by atoms with Crippen LogP contribution in [0.15, 0.2) is 24.3 Å². The quantitative estimate of drug-likeness (QED) is 0.572. The number of hydrogen-bond acceptors (Lipinski definition) is 5. The second-order valence-electron chi connectivity index (χ2n) is 6.14. The zero-order valence-electron chi connectivity index (χ0n) is 15.7. The lowest BCUT2D eigenvalue weighted by atomic mass is 10.1. The van der Waals surface area contributed by atoms with E-state index in [0.29, 0.717) is 26.1 Å². The molecule has 0 aliphatic rings. The highest BCUT2D eigenvalue weighted by Gasteiger charge is 2.30. The number of amides is 1. The summed E-state index contributed by atoms with van der Waals surface area (Å²) in [5, 5.41) is 2.44. The number of ether oxygens (including phenoxy) is 2. The molecule has 27 heavy (non-hydrogen) atoms. The Morgan fingerprint density at radius 1 is 1.19 bits per heavy atom. The van der Waals surface area contributed by atoms with Crippen molar-refractivity contribution < 1.29 is 27.4 Å². The molecule has 6 nitrogen and oxygen atoms in total. The standard InChI is InChI=1S/C18H28F3N3O3/c1-26-11-9-24(10-12-27-2)8-4-7-16(22)17(25)23-15-6-3-5-14(13-15)18(19,20)21/h3,5-6,13,16H,4,7-12,22H2,1-2H3,(H,23,25)/t16-/m0/s1. The molecule has 0 aliphatic heterocycles.